The molecule has 0 aliphatic carbocycles. The monoisotopic (exact) mass is 435 g/mol. The van der Waals surface area contributed by atoms with Crippen LogP contribution in [-0.2, 0) is 17.1 Å². The molecule has 3 rings (SSSR count). The van der Waals surface area contributed by atoms with Crippen molar-refractivity contribution in [2.45, 2.75) is 24.3 Å². The van der Waals surface area contributed by atoms with Gasteiger partial charge in [0.05, 0.1) is 23.1 Å². The number of hydrogen-bond acceptors (Lipinski definition) is 2. The molecule has 0 radical (unpaired) electrons. The summed E-state index contributed by atoms with van der Waals surface area (Å²) in [6.07, 6.45) is -10.1. The summed E-state index contributed by atoms with van der Waals surface area (Å²) < 4.78 is 79.4. The van der Waals surface area contributed by atoms with Gasteiger partial charge in [-0.2, -0.15) is 26.3 Å². The van der Waals surface area contributed by atoms with Crippen LogP contribution in [0.25, 0.3) is 0 Å². The zero-order chi connectivity index (χ0) is 21.7. The summed E-state index contributed by atoms with van der Waals surface area (Å²) in [6.45, 7) is 0. The molecule has 0 bridgehead atoms. The maximum absolute atomic E-state index is 13.2. The molecule has 3 nitrogen and oxygen atoms in total. The van der Waals surface area contributed by atoms with Gasteiger partial charge in [-0.05, 0) is 47.0 Å². The fraction of sp³-hybridized carbons (Fsp3) is 0.263. The van der Waals surface area contributed by atoms with Gasteiger partial charge in [-0.25, -0.2) is 0 Å². The first-order chi connectivity index (χ1) is 13.3. The maximum Gasteiger partial charge on any atom is 0.416 e. The third-order valence-corrected chi connectivity index (χ3v) is 5.01. The van der Waals surface area contributed by atoms with E-state index in [2.05, 4.69) is 0 Å². The molecule has 2 aromatic rings. The lowest BCUT2D eigenvalue weighted by Gasteiger charge is -2.39. The van der Waals surface area contributed by atoms with E-state index in [4.69, 9.17) is 11.6 Å². The highest BCUT2D eigenvalue weighted by atomic mass is 35.5. The molecule has 0 fully saturated rings. The lowest BCUT2D eigenvalue weighted by atomic mass is 9.80. The smallest absolute Gasteiger partial charge is 0.334 e. The van der Waals surface area contributed by atoms with Crippen LogP contribution < -0.4 is 0 Å². The molecule has 10 heteroatoms. The van der Waals surface area contributed by atoms with E-state index in [1.165, 1.54) is 31.3 Å². The van der Waals surface area contributed by atoms with Crippen molar-refractivity contribution >= 4 is 22.8 Å². The average Bonchev–Trinajstić information content (AvgIpc) is 2.62. The van der Waals surface area contributed by atoms with Gasteiger partial charge in [-0.3, -0.25) is 9.59 Å². The SMILES string of the molecule is CN1C(=O)c2ccccc2C(C(=O)Cl)C1c1cc(C(F)(F)F)cc(C(F)(F)F)c1. The number of fused-ring (bicyclic) bond motifs is 1. The van der Waals surface area contributed by atoms with Crippen LogP contribution in [0.2, 0.25) is 0 Å². The number of rotatable bonds is 2. The van der Waals surface area contributed by atoms with Gasteiger partial charge in [-0.15, -0.1) is 0 Å². The summed E-state index contributed by atoms with van der Waals surface area (Å²) in [7, 11) is 1.20. The van der Waals surface area contributed by atoms with Crippen molar-refractivity contribution in [2.24, 2.45) is 0 Å². The third-order valence-electron chi connectivity index (χ3n) is 4.78. The summed E-state index contributed by atoms with van der Waals surface area (Å²) in [6, 6.07) is 5.38. The minimum Gasteiger partial charge on any atom is -0.334 e. The highest BCUT2D eigenvalue weighted by Gasteiger charge is 2.44. The number of carbonyl (C=O) groups excluding carboxylic acids is 2. The lowest BCUT2D eigenvalue weighted by Crippen LogP contribution is -2.42. The van der Waals surface area contributed by atoms with E-state index in [-0.39, 0.29) is 17.2 Å². The van der Waals surface area contributed by atoms with Gasteiger partial charge in [0, 0.05) is 12.6 Å². The largest absolute Gasteiger partial charge is 0.416 e. The Bertz CT molecular complexity index is 953. The zero-order valence-corrected chi connectivity index (χ0v) is 15.4. The quantitative estimate of drug-likeness (QED) is 0.468. The number of likely N-dealkylation sites (N-methyl/N-ethyl adjacent to an activating group) is 1. The van der Waals surface area contributed by atoms with Crippen molar-refractivity contribution in [3.05, 3.63) is 70.3 Å². The minimum absolute atomic E-state index is 0.0143. The molecule has 2 aromatic carbocycles. The van der Waals surface area contributed by atoms with Crippen molar-refractivity contribution in [3.63, 3.8) is 0 Å². The van der Waals surface area contributed by atoms with Crippen LogP contribution >= 0.6 is 11.6 Å². The topological polar surface area (TPSA) is 37.4 Å². The molecule has 0 N–H and O–H groups in total. The molecule has 1 aliphatic heterocycles. The van der Waals surface area contributed by atoms with Gasteiger partial charge in [0.2, 0.25) is 5.24 Å². The lowest BCUT2D eigenvalue weighted by molar-refractivity contribution is -0.143. The Morgan fingerprint density at radius 1 is 0.966 bits per heavy atom. The van der Waals surface area contributed by atoms with Crippen molar-refractivity contribution < 1.29 is 35.9 Å². The van der Waals surface area contributed by atoms with Crippen molar-refractivity contribution in [1.29, 1.82) is 0 Å². The van der Waals surface area contributed by atoms with E-state index in [0.717, 1.165) is 4.90 Å². The molecule has 1 aliphatic rings. The van der Waals surface area contributed by atoms with Crippen LogP contribution in [-0.4, -0.2) is 23.1 Å². The third kappa shape index (κ3) is 3.83. The Hall–Kier alpha value is -2.55. The molecule has 29 heavy (non-hydrogen) atoms. The van der Waals surface area contributed by atoms with Crippen LogP contribution in [0.5, 0.6) is 0 Å². The summed E-state index contributed by atoms with van der Waals surface area (Å²) in [5.74, 6) is -1.98. The van der Waals surface area contributed by atoms with Crippen molar-refractivity contribution in [2.75, 3.05) is 7.05 Å². The standard InChI is InChI=1S/C19H12ClF6NO2/c1-27-15(14(16(20)28)12-4-2-3-5-13(12)17(27)29)9-6-10(18(21,22)23)8-11(7-9)19(24,25)26/h2-8,14-15H,1H3. The van der Waals surface area contributed by atoms with Gasteiger partial charge in [-0.1, -0.05) is 18.2 Å². The number of hydrogen-bond donors (Lipinski definition) is 0. The molecule has 1 amide bonds. The Morgan fingerprint density at radius 3 is 1.97 bits per heavy atom. The second-order valence-electron chi connectivity index (χ2n) is 6.57. The Morgan fingerprint density at radius 2 is 1.48 bits per heavy atom. The zero-order valence-electron chi connectivity index (χ0n) is 14.6. The highest BCUT2D eigenvalue weighted by Crippen LogP contribution is 2.45. The maximum atomic E-state index is 13.2. The predicted octanol–water partition coefficient (Wildman–Crippen LogP) is 5.40. The van der Waals surface area contributed by atoms with E-state index in [1.807, 2.05) is 0 Å². The number of benzene rings is 2. The van der Waals surface area contributed by atoms with Crippen LogP contribution in [0, 0.1) is 0 Å². The number of alkyl halides is 6. The first-order valence-electron chi connectivity index (χ1n) is 8.17. The van der Waals surface area contributed by atoms with Crippen LogP contribution in [0.15, 0.2) is 42.5 Å². The second-order valence-corrected chi connectivity index (χ2v) is 6.94. The Balaban J connectivity index is 2.28. The van der Waals surface area contributed by atoms with Gasteiger partial charge in [0.15, 0.2) is 0 Å². The number of amides is 1. The molecule has 0 saturated heterocycles. The molecular formula is C19H12ClF6NO2. The number of halogens is 7. The van der Waals surface area contributed by atoms with E-state index >= 15 is 0 Å². The molecular weight excluding hydrogens is 424 g/mol. The summed E-state index contributed by atoms with van der Waals surface area (Å²) in [5, 5.41) is -1.01. The van der Waals surface area contributed by atoms with E-state index < -0.39 is 52.2 Å². The molecule has 1 heterocycles. The normalized spacial score (nSPS) is 19.9. The van der Waals surface area contributed by atoms with Gasteiger partial charge < -0.3 is 4.90 Å². The highest BCUT2D eigenvalue weighted by molar-refractivity contribution is 6.65. The Labute approximate surface area is 165 Å². The molecule has 0 aromatic heterocycles. The van der Waals surface area contributed by atoms with Crippen LogP contribution in [0.1, 0.15) is 44.6 Å². The van der Waals surface area contributed by atoms with Crippen molar-refractivity contribution in [3.8, 4) is 0 Å². The fourth-order valence-electron chi connectivity index (χ4n) is 3.49. The van der Waals surface area contributed by atoms with E-state index in [9.17, 15) is 35.9 Å². The molecule has 2 atom stereocenters. The molecule has 2 unspecified atom stereocenters. The van der Waals surface area contributed by atoms with E-state index in [1.54, 1.807) is 0 Å². The van der Waals surface area contributed by atoms with Gasteiger partial charge >= 0.3 is 12.4 Å². The average molecular weight is 436 g/mol. The first kappa shape index (κ1) is 21.2. The fourth-order valence-corrected chi connectivity index (χ4v) is 3.72. The molecule has 0 saturated carbocycles. The second kappa shape index (κ2) is 7.05. The molecule has 0 spiro atoms. The number of nitrogens with zero attached hydrogens (tertiary/aromatic N) is 1. The van der Waals surface area contributed by atoms with Crippen LogP contribution in [0.4, 0.5) is 26.3 Å². The van der Waals surface area contributed by atoms with Crippen molar-refractivity contribution in [1.82, 2.24) is 4.90 Å². The number of carbonyl (C=O) groups is 2. The van der Waals surface area contributed by atoms with Gasteiger partial charge in [0.1, 0.15) is 0 Å². The van der Waals surface area contributed by atoms with E-state index in [0.29, 0.717) is 12.1 Å². The minimum atomic E-state index is -5.06. The predicted molar refractivity (Wildman–Crippen MR) is 91.3 cm³/mol. The Kier molecular flexibility index (Phi) is 5.15. The summed E-state index contributed by atoms with van der Waals surface area (Å²) in [5.41, 5.74) is -3.32. The summed E-state index contributed by atoms with van der Waals surface area (Å²) in [4.78, 5) is 25.7. The summed E-state index contributed by atoms with van der Waals surface area (Å²) >= 11 is 5.68. The molecule has 154 valence electrons. The van der Waals surface area contributed by atoms with Gasteiger partial charge in [0.25, 0.3) is 5.91 Å². The first-order valence-corrected chi connectivity index (χ1v) is 8.55. The van der Waals surface area contributed by atoms with Crippen LogP contribution in [0.3, 0.4) is 0 Å².